The van der Waals surface area contributed by atoms with Gasteiger partial charge in [0.25, 0.3) is 0 Å². The van der Waals surface area contributed by atoms with Crippen LogP contribution in [0, 0.1) is 5.92 Å². The molecule has 2 rings (SSSR count). The number of hydrogen-bond donors (Lipinski definition) is 1. The zero-order valence-electron chi connectivity index (χ0n) is 11.5. The van der Waals surface area contributed by atoms with Crippen molar-refractivity contribution in [2.75, 3.05) is 11.9 Å². The number of ether oxygens (including phenoxy) is 1. The highest BCUT2D eigenvalue weighted by Gasteiger charge is 2.28. The van der Waals surface area contributed by atoms with E-state index in [9.17, 15) is 4.79 Å². The monoisotopic (exact) mass is 403 g/mol. The summed E-state index contributed by atoms with van der Waals surface area (Å²) in [6.45, 7) is 2.32. The number of nitrogens with one attached hydrogen (secondary N) is 1. The van der Waals surface area contributed by atoms with Crippen molar-refractivity contribution >= 4 is 43.5 Å². The first-order chi connectivity index (χ1) is 9.60. The van der Waals surface area contributed by atoms with E-state index in [4.69, 9.17) is 4.74 Å². The SMILES string of the molecule is CCOC(=O)C1CCCC(Nc2cc(Br)ccc2Br)C1. The van der Waals surface area contributed by atoms with Crippen molar-refractivity contribution in [1.29, 1.82) is 0 Å². The first-order valence-corrected chi connectivity index (χ1v) is 8.57. The highest BCUT2D eigenvalue weighted by Crippen LogP contribution is 2.31. The molecule has 0 saturated heterocycles. The van der Waals surface area contributed by atoms with Crippen LogP contribution in [0.3, 0.4) is 0 Å². The van der Waals surface area contributed by atoms with Crippen molar-refractivity contribution in [3.63, 3.8) is 0 Å². The molecule has 5 heteroatoms. The van der Waals surface area contributed by atoms with E-state index < -0.39 is 0 Å². The first kappa shape index (κ1) is 15.8. The van der Waals surface area contributed by atoms with Gasteiger partial charge in [0.15, 0.2) is 0 Å². The lowest BCUT2D eigenvalue weighted by Crippen LogP contribution is -2.32. The summed E-state index contributed by atoms with van der Waals surface area (Å²) >= 11 is 7.03. The molecule has 0 aromatic heterocycles. The van der Waals surface area contributed by atoms with Crippen molar-refractivity contribution in [1.82, 2.24) is 0 Å². The van der Waals surface area contributed by atoms with Gasteiger partial charge in [0, 0.05) is 20.7 Å². The van der Waals surface area contributed by atoms with E-state index in [0.717, 1.165) is 40.3 Å². The molecule has 0 heterocycles. The Labute approximate surface area is 136 Å². The minimum absolute atomic E-state index is 0.0344. The van der Waals surface area contributed by atoms with Crippen LogP contribution in [0.2, 0.25) is 0 Å². The van der Waals surface area contributed by atoms with Gasteiger partial charge in [-0.2, -0.15) is 0 Å². The van der Waals surface area contributed by atoms with E-state index in [2.05, 4.69) is 43.2 Å². The molecule has 1 fully saturated rings. The molecular weight excluding hydrogens is 386 g/mol. The molecule has 1 saturated carbocycles. The number of benzene rings is 1. The molecule has 2 atom stereocenters. The van der Waals surface area contributed by atoms with Gasteiger partial charge in [-0.3, -0.25) is 4.79 Å². The van der Waals surface area contributed by atoms with Crippen molar-refractivity contribution in [3.8, 4) is 0 Å². The molecule has 1 aliphatic rings. The predicted molar refractivity (Wildman–Crippen MR) is 87.8 cm³/mol. The number of hydrogen-bond acceptors (Lipinski definition) is 3. The lowest BCUT2D eigenvalue weighted by atomic mass is 9.85. The van der Waals surface area contributed by atoms with Gasteiger partial charge < -0.3 is 10.1 Å². The molecule has 1 aliphatic carbocycles. The van der Waals surface area contributed by atoms with Gasteiger partial charge in [-0.05, 0) is 60.3 Å². The van der Waals surface area contributed by atoms with Crippen LogP contribution in [-0.4, -0.2) is 18.6 Å². The Balaban J connectivity index is 1.99. The molecule has 0 aliphatic heterocycles. The fourth-order valence-electron chi connectivity index (χ4n) is 2.62. The fourth-order valence-corrected chi connectivity index (χ4v) is 3.35. The Bertz CT molecular complexity index is 479. The molecule has 0 amide bonds. The van der Waals surface area contributed by atoms with Crippen LogP contribution in [-0.2, 0) is 9.53 Å². The van der Waals surface area contributed by atoms with E-state index in [1.54, 1.807) is 0 Å². The van der Waals surface area contributed by atoms with Crippen molar-refractivity contribution in [3.05, 3.63) is 27.1 Å². The maximum Gasteiger partial charge on any atom is 0.308 e. The molecule has 0 spiro atoms. The summed E-state index contributed by atoms with van der Waals surface area (Å²) in [5, 5.41) is 3.53. The third-order valence-corrected chi connectivity index (χ3v) is 4.77. The topological polar surface area (TPSA) is 38.3 Å². The van der Waals surface area contributed by atoms with E-state index in [-0.39, 0.29) is 11.9 Å². The van der Waals surface area contributed by atoms with Gasteiger partial charge in [-0.15, -0.1) is 0 Å². The second-order valence-electron chi connectivity index (χ2n) is 5.08. The standard InChI is InChI=1S/C15H19Br2NO2/c1-2-20-15(19)10-4-3-5-12(8-10)18-14-9-11(16)6-7-13(14)17/h6-7,9-10,12,18H,2-5,8H2,1H3. The highest BCUT2D eigenvalue weighted by molar-refractivity contribution is 9.11. The normalized spacial score (nSPS) is 22.4. The maximum atomic E-state index is 11.9. The number of carbonyl (C=O) groups is 1. The van der Waals surface area contributed by atoms with Gasteiger partial charge in [0.05, 0.1) is 12.5 Å². The Hall–Kier alpha value is -0.550. The molecule has 1 N–H and O–H groups in total. The van der Waals surface area contributed by atoms with Crippen LogP contribution in [0.4, 0.5) is 5.69 Å². The van der Waals surface area contributed by atoms with Crippen LogP contribution in [0.1, 0.15) is 32.6 Å². The molecule has 1 aromatic carbocycles. The zero-order chi connectivity index (χ0) is 14.5. The van der Waals surface area contributed by atoms with E-state index in [0.29, 0.717) is 12.6 Å². The smallest absolute Gasteiger partial charge is 0.308 e. The van der Waals surface area contributed by atoms with Crippen LogP contribution < -0.4 is 5.32 Å². The quantitative estimate of drug-likeness (QED) is 0.736. The lowest BCUT2D eigenvalue weighted by Gasteiger charge is -2.29. The number of esters is 1. The average molecular weight is 405 g/mol. The summed E-state index contributed by atoms with van der Waals surface area (Å²) in [5.74, 6) is -0.0144. The number of anilines is 1. The molecule has 3 nitrogen and oxygen atoms in total. The molecule has 0 bridgehead atoms. The summed E-state index contributed by atoms with van der Waals surface area (Å²) in [6, 6.07) is 6.39. The van der Waals surface area contributed by atoms with Gasteiger partial charge in [-0.25, -0.2) is 0 Å². The molecule has 2 unspecified atom stereocenters. The summed E-state index contributed by atoms with van der Waals surface area (Å²) in [7, 11) is 0. The number of carbonyl (C=O) groups excluding carboxylic acids is 1. The van der Waals surface area contributed by atoms with Crippen molar-refractivity contribution < 1.29 is 9.53 Å². The fraction of sp³-hybridized carbons (Fsp3) is 0.533. The molecular formula is C15H19Br2NO2. The molecule has 20 heavy (non-hydrogen) atoms. The maximum absolute atomic E-state index is 11.9. The van der Waals surface area contributed by atoms with Crippen molar-refractivity contribution in [2.24, 2.45) is 5.92 Å². The largest absolute Gasteiger partial charge is 0.466 e. The van der Waals surface area contributed by atoms with Gasteiger partial charge in [-0.1, -0.05) is 22.4 Å². The van der Waals surface area contributed by atoms with Gasteiger partial charge in [0.2, 0.25) is 0 Å². The summed E-state index contributed by atoms with van der Waals surface area (Å²) in [6.07, 6.45) is 3.94. The second-order valence-corrected chi connectivity index (χ2v) is 6.85. The van der Waals surface area contributed by atoms with Gasteiger partial charge in [0.1, 0.15) is 0 Å². The number of halogens is 2. The van der Waals surface area contributed by atoms with Crippen LogP contribution >= 0.6 is 31.9 Å². The van der Waals surface area contributed by atoms with E-state index >= 15 is 0 Å². The minimum Gasteiger partial charge on any atom is -0.466 e. The summed E-state index contributed by atoms with van der Waals surface area (Å²) in [4.78, 5) is 11.9. The first-order valence-electron chi connectivity index (χ1n) is 6.98. The second kappa shape index (κ2) is 7.46. The third kappa shape index (κ3) is 4.22. The van der Waals surface area contributed by atoms with E-state index in [1.807, 2.05) is 19.1 Å². The highest BCUT2D eigenvalue weighted by atomic mass is 79.9. The Morgan fingerprint density at radius 1 is 1.40 bits per heavy atom. The van der Waals surface area contributed by atoms with Crippen LogP contribution in [0.25, 0.3) is 0 Å². The average Bonchev–Trinajstić information content (AvgIpc) is 2.43. The summed E-state index contributed by atoms with van der Waals surface area (Å²) in [5.41, 5.74) is 1.06. The molecule has 1 aromatic rings. The van der Waals surface area contributed by atoms with Crippen LogP contribution in [0.5, 0.6) is 0 Å². The minimum atomic E-state index is -0.0488. The van der Waals surface area contributed by atoms with Crippen molar-refractivity contribution in [2.45, 2.75) is 38.6 Å². The zero-order valence-corrected chi connectivity index (χ0v) is 14.7. The summed E-state index contributed by atoms with van der Waals surface area (Å²) < 4.78 is 7.22. The molecule has 110 valence electrons. The lowest BCUT2D eigenvalue weighted by molar-refractivity contribution is -0.149. The predicted octanol–water partition coefficient (Wildman–Crippen LogP) is 4.75. The third-order valence-electron chi connectivity index (χ3n) is 3.58. The molecule has 0 radical (unpaired) electrons. The number of rotatable bonds is 4. The Morgan fingerprint density at radius 3 is 2.95 bits per heavy atom. The Morgan fingerprint density at radius 2 is 2.20 bits per heavy atom. The van der Waals surface area contributed by atoms with E-state index in [1.165, 1.54) is 0 Å². The van der Waals surface area contributed by atoms with Crippen LogP contribution in [0.15, 0.2) is 27.1 Å². The van der Waals surface area contributed by atoms with Gasteiger partial charge >= 0.3 is 5.97 Å². The Kier molecular flexibility index (Phi) is 5.90.